The maximum absolute atomic E-state index is 11.5. The van der Waals surface area contributed by atoms with Gasteiger partial charge in [0.15, 0.2) is 24.1 Å². The highest BCUT2D eigenvalue weighted by Crippen LogP contribution is 2.28. The van der Waals surface area contributed by atoms with Crippen LogP contribution in [0.1, 0.15) is 57.9 Å². The van der Waals surface area contributed by atoms with Crippen molar-refractivity contribution in [2.45, 2.75) is 58.9 Å². The van der Waals surface area contributed by atoms with Crippen molar-refractivity contribution >= 4 is 35.8 Å². The minimum atomic E-state index is -0.164. The third-order valence-electron chi connectivity index (χ3n) is 4.23. The van der Waals surface area contributed by atoms with Crippen LogP contribution in [0.5, 0.6) is 11.5 Å². The first kappa shape index (κ1) is 27.3. The molecular weight excluding hydrogens is 483 g/mol. The number of benzene rings is 1. The summed E-state index contributed by atoms with van der Waals surface area (Å²) in [5.41, 5.74) is 6.88. The molecule has 0 bridgehead atoms. The summed E-state index contributed by atoms with van der Waals surface area (Å²) < 4.78 is 10.9. The van der Waals surface area contributed by atoms with E-state index in [0.717, 1.165) is 18.5 Å². The van der Waals surface area contributed by atoms with Crippen molar-refractivity contribution in [2.24, 2.45) is 10.7 Å². The molecular formula is C21H37IN4O3. The molecule has 1 aromatic rings. The Hall–Kier alpha value is -1.71. The number of methoxy groups -OCH3 is 1. The Labute approximate surface area is 192 Å². The van der Waals surface area contributed by atoms with E-state index in [-0.39, 0.29) is 36.5 Å². The van der Waals surface area contributed by atoms with E-state index >= 15 is 0 Å². The Morgan fingerprint density at radius 3 is 2.48 bits per heavy atom. The Morgan fingerprint density at radius 2 is 1.79 bits per heavy atom. The fraction of sp³-hybridized carbons (Fsp3) is 0.619. The number of nitrogens with one attached hydrogen (secondary N) is 2. The summed E-state index contributed by atoms with van der Waals surface area (Å²) in [6.07, 6.45) is 7.49. The van der Waals surface area contributed by atoms with Crippen molar-refractivity contribution in [3.63, 3.8) is 0 Å². The number of nitrogens with two attached hydrogens (primary N) is 1. The third-order valence-corrected chi connectivity index (χ3v) is 4.23. The van der Waals surface area contributed by atoms with Gasteiger partial charge in [0.25, 0.3) is 5.91 Å². The average Bonchev–Trinajstić information content (AvgIpc) is 2.70. The molecule has 0 heterocycles. The summed E-state index contributed by atoms with van der Waals surface area (Å²) in [5, 5.41) is 5.84. The van der Waals surface area contributed by atoms with Gasteiger partial charge in [0.1, 0.15) is 0 Å². The normalized spacial score (nSPS) is 10.8. The van der Waals surface area contributed by atoms with Crippen LogP contribution in [0.25, 0.3) is 0 Å². The highest BCUT2D eigenvalue weighted by molar-refractivity contribution is 14.0. The second-order valence-electron chi connectivity index (χ2n) is 6.62. The largest absolute Gasteiger partial charge is 0.493 e. The molecule has 1 aromatic carbocycles. The number of hydrogen-bond acceptors (Lipinski definition) is 4. The van der Waals surface area contributed by atoms with E-state index in [1.165, 1.54) is 32.1 Å². The topological polar surface area (TPSA) is 98.0 Å². The zero-order valence-electron chi connectivity index (χ0n) is 18.0. The quantitative estimate of drug-likeness (QED) is 0.151. The Balaban J connectivity index is 0.00000784. The van der Waals surface area contributed by atoms with Crippen LogP contribution < -0.4 is 25.8 Å². The number of aliphatic imine (C=N–C) groups is 1. The maximum atomic E-state index is 11.5. The fourth-order valence-electron chi connectivity index (χ4n) is 2.68. The van der Waals surface area contributed by atoms with Crippen molar-refractivity contribution in [3.05, 3.63) is 23.8 Å². The van der Waals surface area contributed by atoms with Crippen LogP contribution in [0.3, 0.4) is 0 Å². The van der Waals surface area contributed by atoms with Crippen LogP contribution in [-0.4, -0.2) is 38.7 Å². The molecule has 0 saturated carbocycles. The maximum Gasteiger partial charge on any atom is 0.257 e. The summed E-state index contributed by atoms with van der Waals surface area (Å²) in [6.45, 7) is 5.91. The molecule has 8 heteroatoms. The van der Waals surface area contributed by atoms with Crippen molar-refractivity contribution in [1.29, 1.82) is 0 Å². The number of guanidine groups is 1. The second-order valence-corrected chi connectivity index (χ2v) is 6.62. The lowest BCUT2D eigenvalue weighted by Crippen LogP contribution is -2.32. The van der Waals surface area contributed by atoms with Gasteiger partial charge in [-0.15, -0.1) is 24.0 Å². The van der Waals surface area contributed by atoms with Crippen molar-refractivity contribution in [2.75, 3.05) is 26.8 Å². The minimum Gasteiger partial charge on any atom is -0.493 e. The van der Waals surface area contributed by atoms with Crippen LogP contribution in [0.4, 0.5) is 0 Å². The van der Waals surface area contributed by atoms with Crippen LogP contribution in [-0.2, 0) is 11.3 Å². The molecule has 0 fully saturated rings. The molecule has 1 amide bonds. The summed E-state index contributed by atoms with van der Waals surface area (Å²) >= 11 is 0. The molecule has 7 nitrogen and oxygen atoms in total. The zero-order chi connectivity index (χ0) is 20.6. The molecule has 0 unspecified atom stereocenters. The smallest absolute Gasteiger partial charge is 0.257 e. The number of likely N-dealkylation sites (N-methyl/N-ethyl adjacent to an activating group) is 1. The first-order valence-corrected chi connectivity index (χ1v) is 10.2. The third kappa shape index (κ3) is 12.5. The molecule has 0 aliphatic carbocycles. The lowest BCUT2D eigenvalue weighted by atomic mass is 10.1. The van der Waals surface area contributed by atoms with E-state index in [0.29, 0.717) is 30.5 Å². The molecule has 0 radical (unpaired) electrons. The summed E-state index contributed by atoms with van der Waals surface area (Å²) in [5.74, 6) is 1.37. The van der Waals surface area contributed by atoms with Crippen LogP contribution >= 0.6 is 24.0 Å². The molecule has 0 atom stereocenters. The van der Waals surface area contributed by atoms with Gasteiger partial charge in [-0.25, -0.2) is 4.99 Å². The van der Waals surface area contributed by atoms with Gasteiger partial charge in [-0.2, -0.15) is 0 Å². The molecule has 0 saturated heterocycles. The van der Waals surface area contributed by atoms with E-state index < -0.39 is 0 Å². The first-order chi connectivity index (χ1) is 13.6. The number of carbonyl (C=O) groups is 1. The van der Waals surface area contributed by atoms with Crippen molar-refractivity contribution in [3.8, 4) is 11.5 Å². The lowest BCUT2D eigenvalue weighted by Gasteiger charge is -2.12. The van der Waals surface area contributed by atoms with Gasteiger partial charge in [0, 0.05) is 13.1 Å². The van der Waals surface area contributed by atoms with Crippen LogP contribution in [0.15, 0.2) is 23.2 Å². The number of ether oxygens (including phenoxy) is 2. The van der Waals surface area contributed by atoms with Gasteiger partial charge in [-0.05, 0) is 31.0 Å². The predicted octanol–water partition coefficient (Wildman–Crippen LogP) is 3.59. The Bertz CT molecular complexity index is 612. The molecule has 0 aromatic heterocycles. The first-order valence-electron chi connectivity index (χ1n) is 10.2. The molecule has 4 N–H and O–H groups in total. The van der Waals surface area contributed by atoms with E-state index in [1.54, 1.807) is 13.2 Å². The monoisotopic (exact) mass is 520 g/mol. The van der Waals surface area contributed by atoms with E-state index in [4.69, 9.17) is 15.2 Å². The zero-order valence-corrected chi connectivity index (χ0v) is 20.3. The molecule has 166 valence electrons. The van der Waals surface area contributed by atoms with Gasteiger partial charge in [-0.1, -0.05) is 45.1 Å². The molecule has 0 spiro atoms. The standard InChI is InChI=1S/C21H36N4O3.HI/c1-4-6-7-8-9-10-13-24-21(22)25-15-17-11-12-18(19(14-17)27-3)28-16-20(26)23-5-2;/h11-12,14H,4-10,13,15-16H2,1-3H3,(H,23,26)(H3,22,24,25);1H. The van der Waals surface area contributed by atoms with E-state index in [1.807, 2.05) is 19.1 Å². The molecule has 1 rings (SSSR count). The second kappa shape index (κ2) is 17.2. The highest BCUT2D eigenvalue weighted by atomic mass is 127. The van der Waals surface area contributed by atoms with E-state index in [9.17, 15) is 4.79 Å². The number of amides is 1. The molecule has 0 aliphatic rings. The van der Waals surface area contributed by atoms with Gasteiger partial charge >= 0.3 is 0 Å². The minimum absolute atomic E-state index is 0. The highest BCUT2D eigenvalue weighted by Gasteiger charge is 2.08. The SMILES string of the molecule is CCCCCCCCNC(N)=NCc1ccc(OCC(=O)NCC)c(OC)c1.I. The lowest BCUT2D eigenvalue weighted by molar-refractivity contribution is -0.123. The van der Waals surface area contributed by atoms with Gasteiger partial charge < -0.3 is 25.8 Å². The average molecular weight is 520 g/mol. The Morgan fingerprint density at radius 1 is 1.07 bits per heavy atom. The predicted molar refractivity (Wildman–Crippen MR) is 129 cm³/mol. The van der Waals surface area contributed by atoms with Gasteiger partial charge in [-0.3, -0.25) is 4.79 Å². The van der Waals surface area contributed by atoms with Crippen LogP contribution in [0, 0.1) is 0 Å². The number of rotatable bonds is 14. The number of halogens is 1. The summed E-state index contributed by atoms with van der Waals surface area (Å²) in [4.78, 5) is 15.9. The number of nitrogens with zero attached hydrogens (tertiary/aromatic N) is 1. The van der Waals surface area contributed by atoms with Gasteiger partial charge in [0.05, 0.1) is 13.7 Å². The summed E-state index contributed by atoms with van der Waals surface area (Å²) in [6, 6.07) is 5.51. The fourth-order valence-corrected chi connectivity index (χ4v) is 2.68. The van der Waals surface area contributed by atoms with E-state index in [2.05, 4.69) is 22.5 Å². The van der Waals surface area contributed by atoms with Crippen LogP contribution in [0.2, 0.25) is 0 Å². The number of hydrogen-bond donors (Lipinski definition) is 3. The molecule has 0 aliphatic heterocycles. The number of unbranched alkanes of at least 4 members (excludes halogenated alkanes) is 5. The van der Waals surface area contributed by atoms with Crippen molar-refractivity contribution < 1.29 is 14.3 Å². The van der Waals surface area contributed by atoms with Gasteiger partial charge in [0.2, 0.25) is 0 Å². The summed E-state index contributed by atoms with van der Waals surface area (Å²) in [7, 11) is 1.57. The molecule has 29 heavy (non-hydrogen) atoms. The van der Waals surface area contributed by atoms with Crippen molar-refractivity contribution in [1.82, 2.24) is 10.6 Å². The Kier molecular flexibility index (Phi) is 16.2. The number of carbonyl (C=O) groups excluding carboxylic acids is 1.